The van der Waals surface area contributed by atoms with E-state index >= 15 is 0 Å². The molecule has 7 rings (SSSR count). The van der Waals surface area contributed by atoms with Crippen LogP contribution < -0.4 is 9.41 Å². The molecular formula is C30H19BrF2SZr. The maximum absolute atomic E-state index is 3.58. The van der Waals surface area contributed by atoms with Crippen molar-refractivity contribution in [3.8, 4) is 11.1 Å². The predicted molar refractivity (Wildman–Crippen MR) is 145 cm³/mol. The quantitative estimate of drug-likeness (QED) is 0.244. The van der Waals surface area contributed by atoms with Crippen LogP contribution in [0.4, 0.5) is 0 Å². The van der Waals surface area contributed by atoms with Gasteiger partial charge in [-0.15, -0.1) is 84.7 Å². The molecule has 0 unspecified atom stereocenters. The zero-order valence-electron chi connectivity index (χ0n) is 18.5. The summed E-state index contributed by atoms with van der Waals surface area (Å²) in [5, 5.41) is 7.96. The average Bonchev–Trinajstić information content (AvgIpc) is 3.46. The van der Waals surface area contributed by atoms with E-state index in [1.165, 1.54) is 52.8 Å². The molecule has 5 heteroatoms. The molecule has 170 valence electrons. The van der Waals surface area contributed by atoms with E-state index in [0.717, 1.165) is 4.47 Å². The van der Waals surface area contributed by atoms with Crippen LogP contribution in [0.5, 0.6) is 0 Å². The Morgan fingerprint density at radius 2 is 1.37 bits per heavy atom. The van der Waals surface area contributed by atoms with Crippen LogP contribution in [0.3, 0.4) is 0 Å². The first kappa shape index (κ1) is 27.1. The molecule has 0 aliphatic carbocycles. The Hall–Kier alpha value is -2.46. The summed E-state index contributed by atoms with van der Waals surface area (Å²) in [5.41, 5.74) is 2.55. The van der Waals surface area contributed by atoms with Crippen LogP contribution in [0.25, 0.3) is 52.8 Å². The number of hydrogen-bond donors (Lipinski definition) is 0. The summed E-state index contributed by atoms with van der Waals surface area (Å²) in [4.78, 5) is 0. The molecular weight excluding hydrogens is 602 g/mol. The molecule has 0 aliphatic heterocycles. The van der Waals surface area contributed by atoms with E-state index < -0.39 is 0 Å². The van der Waals surface area contributed by atoms with E-state index in [9.17, 15) is 0 Å². The molecule has 0 nitrogen and oxygen atoms in total. The molecule has 7 aromatic rings. The second-order valence-electron chi connectivity index (χ2n) is 7.99. The summed E-state index contributed by atoms with van der Waals surface area (Å²) in [6.45, 7) is 0. The van der Waals surface area contributed by atoms with Crippen molar-refractivity contribution in [2.24, 2.45) is 0 Å². The standard InChI is InChI=1S/C15H10Br.C15H9S.2FH.Zr/c16-15-8-4-7-12-9-13(10-14(12)15)11-5-2-1-3-6-11;1-3-10-8-13(5-1)16-15-6-2-4-11-7-12(10)9-14(11)15;;;/h1-10H;1-9H;2*1H;/q2*-1;;;+4/p-2. The zero-order valence-corrected chi connectivity index (χ0v) is 23.4. The molecule has 0 aliphatic rings. The van der Waals surface area contributed by atoms with Gasteiger partial charge in [0, 0.05) is 4.70 Å². The van der Waals surface area contributed by atoms with Gasteiger partial charge < -0.3 is 9.41 Å². The number of rotatable bonds is 1. The smallest absolute Gasteiger partial charge is 1.00 e. The first-order valence-electron chi connectivity index (χ1n) is 10.6. The van der Waals surface area contributed by atoms with Crippen LogP contribution >= 0.6 is 27.3 Å². The molecule has 0 saturated heterocycles. The maximum Gasteiger partial charge on any atom is 4.00 e. The van der Waals surface area contributed by atoms with Crippen molar-refractivity contribution >= 4 is 69.0 Å². The summed E-state index contributed by atoms with van der Waals surface area (Å²) >= 11 is 5.44. The van der Waals surface area contributed by atoms with Gasteiger partial charge in [0.25, 0.3) is 0 Å². The molecule has 0 fully saturated rings. The van der Waals surface area contributed by atoms with Gasteiger partial charge >= 0.3 is 26.2 Å². The van der Waals surface area contributed by atoms with Crippen molar-refractivity contribution in [2.75, 3.05) is 0 Å². The molecule has 0 N–H and O–H groups in total. The predicted octanol–water partition coefficient (Wildman–Crippen LogP) is 3.92. The Bertz CT molecular complexity index is 1700. The van der Waals surface area contributed by atoms with Crippen molar-refractivity contribution < 1.29 is 35.6 Å². The minimum Gasteiger partial charge on any atom is -1.00 e. The van der Waals surface area contributed by atoms with Crippen LogP contribution in [0, 0.1) is 0 Å². The van der Waals surface area contributed by atoms with Gasteiger partial charge in [-0.2, -0.15) is 0 Å². The normalized spacial score (nSPS) is 10.3. The molecule has 1 aromatic heterocycles. The van der Waals surface area contributed by atoms with E-state index in [1.807, 2.05) is 17.4 Å². The Morgan fingerprint density at radius 1 is 0.629 bits per heavy atom. The summed E-state index contributed by atoms with van der Waals surface area (Å²) in [7, 11) is 0. The molecule has 0 atom stereocenters. The van der Waals surface area contributed by atoms with Crippen LogP contribution in [-0.2, 0) is 26.2 Å². The Kier molecular flexibility index (Phi) is 8.93. The fourth-order valence-corrected chi connectivity index (χ4v) is 5.84. The Balaban J connectivity index is 0.000000180. The number of halogens is 3. The number of benzene rings is 4. The van der Waals surface area contributed by atoms with Gasteiger partial charge in [0.1, 0.15) is 0 Å². The molecule has 0 radical (unpaired) electrons. The fraction of sp³-hybridized carbons (Fsp3) is 0. The summed E-state index contributed by atoms with van der Waals surface area (Å²) in [6.07, 6.45) is 0. The first-order valence-corrected chi connectivity index (χ1v) is 12.2. The fourth-order valence-electron chi connectivity index (χ4n) is 4.32. The third kappa shape index (κ3) is 5.38. The largest absolute Gasteiger partial charge is 4.00 e. The van der Waals surface area contributed by atoms with Gasteiger partial charge in [-0.3, -0.25) is 0 Å². The maximum atomic E-state index is 3.58. The van der Waals surface area contributed by atoms with E-state index in [4.69, 9.17) is 0 Å². The zero-order chi connectivity index (χ0) is 21.5. The van der Waals surface area contributed by atoms with Crippen LogP contribution in [0.15, 0.2) is 120 Å². The van der Waals surface area contributed by atoms with Crippen molar-refractivity contribution in [1.82, 2.24) is 0 Å². The Morgan fingerprint density at radius 3 is 2.17 bits per heavy atom. The minimum atomic E-state index is 0. The van der Waals surface area contributed by atoms with E-state index in [-0.39, 0.29) is 35.6 Å². The topological polar surface area (TPSA) is 0 Å². The number of hydrogen-bond acceptors (Lipinski definition) is 1. The third-order valence-corrected chi connectivity index (χ3v) is 7.67. The van der Waals surface area contributed by atoms with Crippen molar-refractivity contribution in [1.29, 1.82) is 0 Å². The van der Waals surface area contributed by atoms with Gasteiger partial charge in [-0.25, -0.2) is 0 Å². The first-order chi connectivity index (χ1) is 15.7. The molecule has 0 saturated carbocycles. The summed E-state index contributed by atoms with van der Waals surface area (Å²) in [6, 6.07) is 41.1. The van der Waals surface area contributed by atoms with Crippen LogP contribution in [-0.4, -0.2) is 0 Å². The second kappa shape index (κ2) is 11.5. The monoisotopic (exact) mass is 618 g/mol. The van der Waals surface area contributed by atoms with Crippen LogP contribution in [0.1, 0.15) is 0 Å². The Labute approximate surface area is 233 Å². The van der Waals surface area contributed by atoms with E-state index in [0.29, 0.717) is 0 Å². The van der Waals surface area contributed by atoms with Gasteiger partial charge in [-0.1, -0.05) is 95.2 Å². The van der Waals surface area contributed by atoms with Crippen molar-refractivity contribution in [3.63, 3.8) is 0 Å². The van der Waals surface area contributed by atoms with Crippen LogP contribution in [0.2, 0.25) is 0 Å². The van der Waals surface area contributed by atoms with Gasteiger partial charge in [0.15, 0.2) is 0 Å². The molecule has 6 aromatic carbocycles. The van der Waals surface area contributed by atoms with Crippen molar-refractivity contribution in [2.45, 2.75) is 0 Å². The number of fused-ring (bicyclic) bond motifs is 5. The van der Waals surface area contributed by atoms with Gasteiger partial charge in [0.2, 0.25) is 0 Å². The van der Waals surface area contributed by atoms with E-state index in [2.05, 4.69) is 125 Å². The molecule has 1 heterocycles. The summed E-state index contributed by atoms with van der Waals surface area (Å²) in [5.74, 6) is 0. The van der Waals surface area contributed by atoms with Gasteiger partial charge in [-0.05, 0) is 15.2 Å². The van der Waals surface area contributed by atoms with Gasteiger partial charge in [0.05, 0.1) is 0 Å². The molecule has 4 bridgehead atoms. The van der Waals surface area contributed by atoms with E-state index in [1.54, 1.807) is 0 Å². The minimum absolute atomic E-state index is 0. The molecule has 0 spiro atoms. The van der Waals surface area contributed by atoms with Crippen molar-refractivity contribution in [3.05, 3.63) is 120 Å². The average molecular weight is 621 g/mol. The second-order valence-corrected chi connectivity index (χ2v) is 9.96. The summed E-state index contributed by atoms with van der Waals surface area (Å²) < 4.78 is 3.85. The third-order valence-electron chi connectivity index (χ3n) is 5.91. The molecule has 35 heavy (non-hydrogen) atoms. The SMILES string of the molecule is Brc1cccc2cc(-c3ccccc3)[cH-]c12.[F-].[F-].[Zr+4].c1cc2cc(c1)c1cc3c(cccc3s2)[cH-]1. The molecule has 0 amide bonds.